The Kier molecular flexibility index (Phi) is 14.8. The monoisotopic (exact) mass is 380 g/mol. The maximum atomic E-state index is 9.90. The van der Waals surface area contributed by atoms with E-state index in [-0.39, 0.29) is 12.2 Å². The van der Waals surface area contributed by atoms with Crippen molar-refractivity contribution >= 4 is 17.9 Å². The van der Waals surface area contributed by atoms with E-state index in [4.69, 9.17) is 62.7 Å². The van der Waals surface area contributed by atoms with Crippen molar-refractivity contribution in [2.45, 2.75) is 48.8 Å². The molecule has 0 spiro atoms. The second-order valence-corrected chi connectivity index (χ2v) is 5.12. The van der Waals surface area contributed by atoms with Crippen LogP contribution in [-0.2, 0) is 4.79 Å². The molecule has 0 aliphatic carbocycles. The van der Waals surface area contributed by atoms with E-state index >= 15 is 0 Å². The molecule has 0 saturated heterocycles. The Morgan fingerprint density at radius 1 is 0.667 bits per heavy atom. The van der Waals surface area contributed by atoms with Gasteiger partial charge in [-0.05, 0) is 0 Å². The predicted molar refractivity (Wildman–Crippen MR) is 79.0 cm³/mol. The number of carbonyl (C=O) groups excluding carboxylic acids is 1. The summed E-state index contributed by atoms with van der Waals surface area (Å²) < 4.78 is 0. The Hall–Kier alpha value is -0.440. The van der Waals surface area contributed by atoms with E-state index in [9.17, 15) is 4.79 Å². The van der Waals surface area contributed by atoms with Crippen molar-refractivity contribution in [2.24, 2.45) is 0 Å². The van der Waals surface area contributed by atoms with Gasteiger partial charge in [-0.3, -0.25) is 0 Å². The van der Waals surface area contributed by atoms with Crippen molar-refractivity contribution in [3.63, 3.8) is 0 Å². The number of aldehydes is 1. The van der Waals surface area contributed by atoms with Crippen molar-refractivity contribution in [2.75, 3.05) is 19.1 Å². The molecule has 0 aliphatic rings. The molecule has 0 aromatic rings. The third-order valence-corrected chi connectivity index (χ3v) is 3.22. The first-order valence-electron chi connectivity index (χ1n) is 6.76. The van der Waals surface area contributed by atoms with Gasteiger partial charge in [0.05, 0.1) is 25.2 Å². The van der Waals surface area contributed by atoms with Crippen molar-refractivity contribution in [1.82, 2.24) is 0 Å². The van der Waals surface area contributed by atoms with Gasteiger partial charge in [0.25, 0.3) is 0 Å². The molecule has 24 heavy (non-hydrogen) atoms. The number of rotatable bonds is 10. The highest BCUT2D eigenvalue weighted by Crippen LogP contribution is 2.06. The van der Waals surface area contributed by atoms with Crippen LogP contribution in [0.2, 0.25) is 0 Å². The van der Waals surface area contributed by atoms with Gasteiger partial charge in [0.15, 0.2) is 6.29 Å². The quantitative estimate of drug-likeness (QED) is 0.127. The first-order valence-corrected chi connectivity index (χ1v) is 7.29. The minimum Gasteiger partial charge on any atom is -0.394 e. The fraction of sp³-hybridized carbons (Fsp3) is 0.917. The molecule has 0 rings (SSSR count). The molecule has 0 unspecified atom stereocenters. The Morgan fingerprint density at radius 3 is 1.29 bits per heavy atom. The van der Waals surface area contributed by atoms with E-state index in [2.05, 4.69) is 0 Å². The zero-order valence-corrected chi connectivity index (χ0v) is 13.3. The molecule has 0 fully saturated rings. The van der Waals surface area contributed by atoms with E-state index in [1.54, 1.807) is 0 Å². The van der Waals surface area contributed by atoms with E-state index < -0.39 is 62.0 Å². The molecular formula is C12H25ClO11. The number of aliphatic hydroxyl groups is 10. The summed E-state index contributed by atoms with van der Waals surface area (Å²) in [5.41, 5.74) is 0. The Morgan fingerprint density at radius 2 is 1.00 bits per heavy atom. The van der Waals surface area contributed by atoms with Gasteiger partial charge in [-0.2, -0.15) is 0 Å². The molecular weight excluding hydrogens is 356 g/mol. The highest BCUT2D eigenvalue weighted by Gasteiger charge is 2.30. The first kappa shape index (κ1) is 25.8. The lowest BCUT2D eigenvalue weighted by Gasteiger charge is -2.24. The maximum absolute atomic E-state index is 9.90. The lowest BCUT2D eigenvalue weighted by molar-refractivity contribution is -0.136. The van der Waals surface area contributed by atoms with Gasteiger partial charge in [-0.15, -0.1) is 11.6 Å². The fourth-order valence-electron chi connectivity index (χ4n) is 1.27. The van der Waals surface area contributed by atoms with Crippen molar-refractivity contribution in [3.05, 3.63) is 0 Å². The van der Waals surface area contributed by atoms with Crippen LogP contribution in [0.5, 0.6) is 0 Å². The molecule has 0 bridgehead atoms. The Labute approximate surface area is 142 Å². The van der Waals surface area contributed by atoms with E-state index in [1.165, 1.54) is 0 Å². The predicted octanol–water partition coefficient (Wildman–Crippen LogP) is -5.72. The van der Waals surface area contributed by atoms with Gasteiger partial charge < -0.3 is 55.9 Å². The maximum Gasteiger partial charge on any atom is 0.151 e. The second-order valence-electron chi connectivity index (χ2n) is 4.81. The van der Waals surface area contributed by atoms with Crippen LogP contribution in [0.3, 0.4) is 0 Å². The number of carbonyl (C=O) groups is 1. The van der Waals surface area contributed by atoms with Crippen LogP contribution in [0.1, 0.15) is 0 Å². The van der Waals surface area contributed by atoms with Gasteiger partial charge in [-0.1, -0.05) is 0 Å². The minimum absolute atomic E-state index is 0.0258. The standard InChI is InChI=1S/C6H13ClO5.C6H12O6/c2*7-1-3(9)5(11)6(12)4(10)2-8/h3-6,8-12H,1-2H2;1,3-6,8-12H,2H2/t3-,4+,5-,6-;3-,4+,5+,6+/m10/s1. The first-order chi connectivity index (χ1) is 11.1. The third-order valence-electron chi connectivity index (χ3n) is 2.90. The van der Waals surface area contributed by atoms with Crippen LogP contribution in [0.25, 0.3) is 0 Å². The Bertz CT molecular complexity index is 307. The van der Waals surface area contributed by atoms with Crippen LogP contribution in [0.4, 0.5) is 0 Å². The molecule has 10 N–H and O–H groups in total. The molecule has 8 atom stereocenters. The number of halogens is 1. The van der Waals surface area contributed by atoms with Crippen molar-refractivity contribution in [1.29, 1.82) is 0 Å². The zero-order valence-electron chi connectivity index (χ0n) is 12.6. The number of aliphatic hydroxyl groups excluding tert-OH is 10. The van der Waals surface area contributed by atoms with Gasteiger partial charge in [0, 0.05) is 0 Å². The summed E-state index contributed by atoms with van der Waals surface area (Å²) >= 11 is 5.17. The highest BCUT2D eigenvalue weighted by molar-refractivity contribution is 6.18. The van der Waals surface area contributed by atoms with E-state index in [0.717, 1.165) is 0 Å². The average Bonchev–Trinajstić information content (AvgIpc) is 2.62. The summed E-state index contributed by atoms with van der Waals surface area (Å²) in [6.07, 6.45) is -12.8. The lowest BCUT2D eigenvalue weighted by atomic mass is 10.0. The van der Waals surface area contributed by atoms with Crippen LogP contribution >= 0.6 is 11.6 Å². The van der Waals surface area contributed by atoms with Gasteiger partial charge in [0.2, 0.25) is 0 Å². The normalized spacial score (nSPS) is 21.3. The van der Waals surface area contributed by atoms with Crippen LogP contribution in [-0.4, -0.2) is 125 Å². The lowest BCUT2D eigenvalue weighted by Crippen LogP contribution is -2.46. The Balaban J connectivity index is 0. The number of hydrogen-bond donors (Lipinski definition) is 10. The smallest absolute Gasteiger partial charge is 0.151 e. The number of alkyl halides is 1. The number of hydrogen-bond acceptors (Lipinski definition) is 11. The molecule has 0 saturated carbocycles. The summed E-state index contributed by atoms with van der Waals surface area (Å²) in [6.45, 7) is -1.45. The molecule has 11 nitrogen and oxygen atoms in total. The molecule has 146 valence electrons. The molecule has 0 aliphatic heterocycles. The van der Waals surface area contributed by atoms with Crippen molar-refractivity contribution < 1.29 is 55.9 Å². The van der Waals surface area contributed by atoms with Crippen LogP contribution in [0.15, 0.2) is 0 Å². The van der Waals surface area contributed by atoms with Crippen LogP contribution in [0, 0.1) is 0 Å². The second kappa shape index (κ2) is 13.8. The minimum atomic E-state index is -1.79. The molecule has 0 heterocycles. The van der Waals surface area contributed by atoms with Gasteiger partial charge in [0.1, 0.15) is 42.7 Å². The average molecular weight is 381 g/mol. The van der Waals surface area contributed by atoms with Gasteiger partial charge >= 0.3 is 0 Å². The SMILES string of the molecule is O=C[C@H](O)[C@@H](O)[C@H](O)[C@H](O)CO.OC[C@H](O)[C@@H](O)[C@H](O)[C@H](O)CCl. The largest absolute Gasteiger partial charge is 0.394 e. The third kappa shape index (κ3) is 9.15. The molecule has 12 heteroatoms. The zero-order chi connectivity index (χ0) is 19.4. The summed E-state index contributed by atoms with van der Waals surface area (Å²) in [5, 5.41) is 87.7. The molecule has 0 radical (unpaired) electrons. The van der Waals surface area contributed by atoms with Gasteiger partial charge in [-0.25, -0.2) is 0 Å². The molecule has 0 amide bonds. The van der Waals surface area contributed by atoms with Crippen molar-refractivity contribution in [3.8, 4) is 0 Å². The van der Waals surface area contributed by atoms with Crippen LogP contribution < -0.4 is 0 Å². The summed E-state index contributed by atoms with van der Waals surface area (Å²) in [5.74, 6) is -0.254. The topological polar surface area (TPSA) is 219 Å². The highest BCUT2D eigenvalue weighted by atomic mass is 35.5. The van der Waals surface area contributed by atoms with E-state index in [1.807, 2.05) is 0 Å². The van der Waals surface area contributed by atoms with E-state index in [0.29, 0.717) is 0 Å². The summed E-state index contributed by atoms with van der Waals surface area (Å²) in [4.78, 5) is 9.90. The summed E-state index contributed by atoms with van der Waals surface area (Å²) in [6, 6.07) is 0. The fourth-order valence-corrected chi connectivity index (χ4v) is 1.46. The molecule has 0 aromatic heterocycles. The molecule has 0 aromatic carbocycles. The summed E-state index contributed by atoms with van der Waals surface area (Å²) in [7, 11) is 0.